The number of anilines is 1. The lowest BCUT2D eigenvalue weighted by atomic mass is 9.98. The first-order chi connectivity index (χ1) is 17.9. The van der Waals surface area contributed by atoms with Crippen LogP contribution >= 0.6 is 22.9 Å². The molecule has 1 aliphatic rings. The molecule has 0 fully saturated rings. The minimum atomic E-state index is -4.83. The van der Waals surface area contributed by atoms with E-state index < -0.39 is 33.5 Å². The molecule has 1 aliphatic heterocycles. The topological polar surface area (TPSA) is 66.5 Å². The van der Waals surface area contributed by atoms with E-state index in [9.17, 15) is 30.8 Å². The molecule has 0 bridgehead atoms. The van der Waals surface area contributed by atoms with Crippen LogP contribution in [0, 0.1) is 5.82 Å². The van der Waals surface area contributed by atoms with Gasteiger partial charge < -0.3 is 5.32 Å². The second-order valence-corrected chi connectivity index (χ2v) is 12.0. The molecule has 2 heterocycles. The predicted molar refractivity (Wildman–Crippen MR) is 138 cm³/mol. The minimum Gasteiger partial charge on any atom is -0.324 e. The molecule has 1 amide bonds. The van der Waals surface area contributed by atoms with Gasteiger partial charge in [-0.15, -0.1) is 11.3 Å². The Morgan fingerprint density at radius 1 is 1.11 bits per heavy atom. The van der Waals surface area contributed by atoms with Gasteiger partial charge in [0.05, 0.1) is 22.7 Å². The van der Waals surface area contributed by atoms with Crippen molar-refractivity contribution in [2.24, 2.45) is 0 Å². The van der Waals surface area contributed by atoms with E-state index in [1.165, 1.54) is 15.6 Å². The Hall–Kier alpha value is -2.99. The highest BCUT2D eigenvalue weighted by Gasteiger charge is 2.34. The Balaban J connectivity index is 1.36. The van der Waals surface area contributed by atoms with Crippen molar-refractivity contribution in [1.82, 2.24) is 4.31 Å². The summed E-state index contributed by atoms with van der Waals surface area (Å²) in [4.78, 5) is 12.9. The number of rotatable bonds is 5. The van der Waals surface area contributed by atoms with Crippen LogP contribution in [0.2, 0.25) is 5.02 Å². The molecule has 0 spiro atoms. The number of benzene rings is 3. The number of thiophene rings is 1. The third kappa shape index (κ3) is 5.03. The molecule has 3 aromatic carbocycles. The molecule has 5 rings (SSSR count). The van der Waals surface area contributed by atoms with Gasteiger partial charge in [-0.1, -0.05) is 41.9 Å². The highest BCUT2D eigenvalue weighted by atomic mass is 35.5. The summed E-state index contributed by atoms with van der Waals surface area (Å²) in [6.07, 6.45) is -4.93. The van der Waals surface area contributed by atoms with Gasteiger partial charge in [-0.2, -0.15) is 17.5 Å². The molecule has 4 aromatic rings. The van der Waals surface area contributed by atoms with E-state index in [1.807, 2.05) is 12.1 Å². The number of nitrogens with zero attached hydrogens (tertiary/aromatic N) is 1. The summed E-state index contributed by atoms with van der Waals surface area (Å²) in [5.41, 5.74) is 0.302. The van der Waals surface area contributed by atoms with Crippen LogP contribution in [0.3, 0.4) is 0 Å². The largest absolute Gasteiger partial charge is 0.419 e. The number of fused-ring (bicyclic) bond motifs is 2. The van der Waals surface area contributed by atoms with Crippen LogP contribution in [0.15, 0.2) is 64.9 Å². The number of amides is 1. The van der Waals surface area contributed by atoms with Crippen LogP contribution in [-0.2, 0) is 40.4 Å². The maximum absolute atomic E-state index is 13.9. The van der Waals surface area contributed by atoms with Crippen molar-refractivity contribution in [3.8, 4) is 0 Å². The summed E-state index contributed by atoms with van der Waals surface area (Å²) in [6.45, 7) is 0.235. The number of nitrogens with one attached hydrogen (secondary N) is 1. The van der Waals surface area contributed by atoms with Gasteiger partial charge in [0.1, 0.15) is 10.7 Å². The quantitative estimate of drug-likeness (QED) is 0.268. The summed E-state index contributed by atoms with van der Waals surface area (Å²) < 4.78 is 81.5. The van der Waals surface area contributed by atoms with E-state index in [4.69, 9.17) is 11.6 Å². The molecule has 0 atom stereocenters. The molecule has 0 aliphatic carbocycles. The lowest BCUT2D eigenvalue weighted by Gasteiger charge is -2.29. The molecule has 38 heavy (non-hydrogen) atoms. The summed E-state index contributed by atoms with van der Waals surface area (Å²) >= 11 is 7.70. The summed E-state index contributed by atoms with van der Waals surface area (Å²) in [7, 11) is -3.79. The lowest BCUT2D eigenvalue weighted by Crippen LogP contribution is -2.36. The molecular formula is C26H19ClF4N2O3S2. The van der Waals surface area contributed by atoms with Crippen molar-refractivity contribution < 1.29 is 30.8 Å². The molecule has 1 N–H and O–H groups in total. The van der Waals surface area contributed by atoms with Gasteiger partial charge in [0.2, 0.25) is 15.9 Å². The van der Waals surface area contributed by atoms with Gasteiger partial charge in [-0.3, -0.25) is 4.79 Å². The van der Waals surface area contributed by atoms with Crippen LogP contribution in [0.25, 0.3) is 10.1 Å². The Labute approximate surface area is 224 Å². The summed E-state index contributed by atoms with van der Waals surface area (Å²) in [5, 5.41) is 5.20. The summed E-state index contributed by atoms with van der Waals surface area (Å²) in [5.74, 6) is -2.06. The van der Waals surface area contributed by atoms with Crippen LogP contribution in [0.5, 0.6) is 0 Å². The molecule has 0 unspecified atom stereocenters. The van der Waals surface area contributed by atoms with Gasteiger partial charge >= 0.3 is 6.18 Å². The van der Waals surface area contributed by atoms with Crippen LogP contribution in [0.4, 0.5) is 23.2 Å². The molecule has 1 aromatic heterocycles. The fourth-order valence-corrected chi connectivity index (χ4v) is 7.62. The first-order valence-electron chi connectivity index (χ1n) is 11.4. The van der Waals surface area contributed by atoms with Gasteiger partial charge in [-0.05, 0) is 47.4 Å². The summed E-state index contributed by atoms with van der Waals surface area (Å²) in [6, 6.07) is 12.8. The molecule has 12 heteroatoms. The Bertz CT molecular complexity index is 1670. The zero-order valence-corrected chi connectivity index (χ0v) is 21.9. The normalized spacial score (nSPS) is 14.4. The van der Waals surface area contributed by atoms with Crippen molar-refractivity contribution in [2.75, 3.05) is 11.9 Å². The van der Waals surface area contributed by atoms with Crippen molar-refractivity contribution in [3.05, 3.63) is 93.1 Å². The van der Waals surface area contributed by atoms with E-state index in [2.05, 4.69) is 5.32 Å². The van der Waals surface area contributed by atoms with Crippen molar-refractivity contribution in [1.29, 1.82) is 0 Å². The third-order valence-electron chi connectivity index (χ3n) is 6.35. The average Bonchev–Trinajstić information content (AvgIpc) is 3.30. The van der Waals surface area contributed by atoms with Crippen molar-refractivity contribution >= 4 is 54.6 Å². The van der Waals surface area contributed by atoms with Gasteiger partial charge in [0.25, 0.3) is 0 Å². The number of alkyl halides is 3. The van der Waals surface area contributed by atoms with Crippen LogP contribution < -0.4 is 5.32 Å². The molecule has 198 valence electrons. The average molecular weight is 583 g/mol. The first kappa shape index (κ1) is 26.6. The standard InChI is InChI=1S/C26H19ClF4N2O3S2/c27-20-8-6-16-13-33(38(35,36)23-14-37-22-4-2-1-3-18(22)23)10-9-17(16)25(20)32-24(34)12-15-5-7-19(21(28)11-15)26(29,30)31/h1-8,11,14H,9-10,12-13H2,(H,32,34). The fraction of sp³-hybridized carbons (Fsp3) is 0.192. The smallest absolute Gasteiger partial charge is 0.324 e. The predicted octanol–water partition coefficient (Wildman–Crippen LogP) is 6.64. The second kappa shape index (κ2) is 9.96. The number of carbonyl (C=O) groups excluding carboxylic acids is 1. The molecule has 0 saturated heterocycles. The monoisotopic (exact) mass is 582 g/mol. The number of hydrogen-bond donors (Lipinski definition) is 1. The SMILES string of the molecule is O=C(Cc1ccc(C(F)(F)F)c(F)c1)Nc1c(Cl)ccc2c1CCN(S(=O)(=O)c1csc3ccccc13)C2. The zero-order valence-electron chi connectivity index (χ0n) is 19.5. The maximum atomic E-state index is 13.9. The van der Waals surface area contributed by atoms with E-state index in [1.54, 1.807) is 29.6 Å². The maximum Gasteiger partial charge on any atom is 0.419 e. The van der Waals surface area contributed by atoms with Crippen molar-refractivity contribution in [3.63, 3.8) is 0 Å². The number of carbonyl (C=O) groups is 1. The zero-order chi connectivity index (χ0) is 27.2. The van der Waals surface area contributed by atoms with Gasteiger partial charge in [0, 0.05) is 28.6 Å². The number of hydrogen-bond acceptors (Lipinski definition) is 4. The molecular weight excluding hydrogens is 564 g/mol. The van der Waals surface area contributed by atoms with Crippen LogP contribution in [-0.4, -0.2) is 25.2 Å². The number of sulfonamides is 1. The highest BCUT2D eigenvalue weighted by Crippen LogP contribution is 2.37. The van der Waals surface area contributed by atoms with Crippen LogP contribution in [0.1, 0.15) is 22.3 Å². The Kier molecular flexibility index (Phi) is 6.97. The van der Waals surface area contributed by atoms with E-state index >= 15 is 0 Å². The van der Waals surface area contributed by atoms with Gasteiger partial charge in [0.15, 0.2) is 0 Å². The van der Waals surface area contributed by atoms with Gasteiger partial charge in [-0.25, -0.2) is 12.8 Å². The minimum absolute atomic E-state index is 0.0641. The molecule has 0 radical (unpaired) electrons. The second-order valence-electron chi connectivity index (χ2n) is 8.78. The van der Waals surface area contributed by atoms with E-state index in [0.29, 0.717) is 34.3 Å². The lowest BCUT2D eigenvalue weighted by molar-refractivity contribution is -0.140. The Morgan fingerprint density at radius 2 is 1.87 bits per heavy atom. The Morgan fingerprint density at radius 3 is 2.61 bits per heavy atom. The first-order valence-corrected chi connectivity index (χ1v) is 14.1. The van der Waals surface area contributed by atoms with E-state index in [0.717, 1.165) is 10.8 Å². The highest BCUT2D eigenvalue weighted by molar-refractivity contribution is 7.89. The molecule has 5 nitrogen and oxygen atoms in total. The number of halogens is 5. The van der Waals surface area contributed by atoms with Crippen molar-refractivity contribution in [2.45, 2.75) is 30.5 Å². The molecule has 0 saturated carbocycles. The fourth-order valence-electron chi connectivity index (χ4n) is 4.50. The van der Waals surface area contributed by atoms with E-state index in [-0.39, 0.29) is 41.4 Å². The third-order valence-corrected chi connectivity index (χ3v) is 9.66.